The van der Waals surface area contributed by atoms with Gasteiger partial charge in [-0.05, 0) is 73.2 Å². The molecule has 2 N–H and O–H groups in total. The van der Waals surface area contributed by atoms with Crippen LogP contribution in [-0.2, 0) is 0 Å². The largest absolute Gasteiger partial charge is 0.384 e. The van der Waals surface area contributed by atoms with Crippen LogP contribution in [0.1, 0.15) is 18.5 Å². The first-order chi connectivity index (χ1) is 15.9. The minimum Gasteiger partial charge on any atom is -0.384 e. The van der Waals surface area contributed by atoms with Gasteiger partial charge in [-0.3, -0.25) is 9.97 Å². The molecule has 2 aromatic heterocycles. The minimum atomic E-state index is 0.941. The molecule has 0 spiro atoms. The molecule has 0 radical (unpaired) electrons. The van der Waals surface area contributed by atoms with Gasteiger partial charge in [0, 0.05) is 57.9 Å². The molecule has 0 bridgehead atoms. The number of pyridine rings is 2. The summed E-state index contributed by atoms with van der Waals surface area (Å²) in [5, 5.41) is 11.9. The lowest BCUT2D eigenvalue weighted by molar-refractivity contribution is 0.405. The highest BCUT2D eigenvalue weighted by Crippen LogP contribution is 2.34. The van der Waals surface area contributed by atoms with Crippen molar-refractivity contribution in [3.8, 4) is 0 Å². The van der Waals surface area contributed by atoms with Crippen LogP contribution in [0.15, 0.2) is 42.6 Å². The molecular formula is C27H36N6. The third kappa shape index (κ3) is 5.34. The van der Waals surface area contributed by atoms with E-state index in [1.807, 2.05) is 6.20 Å². The molecule has 2 aromatic carbocycles. The molecule has 0 aliphatic rings. The van der Waals surface area contributed by atoms with Crippen molar-refractivity contribution in [1.29, 1.82) is 0 Å². The normalized spacial score (nSPS) is 11.8. The van der Waals surface area contributed by atoms with Crippen molar-refractivity contribution in [2.24, 2.45) is 0 Å². The standard InChI is InChI=1S/C27H36N6/c1-19-18-25(29-14-7-17-33(4)5)23-11-8-20-21(27(23)31-19)9-10-22-24(12-15-30-26(20)22)28-13-6-16-32(2)3/h8-12,15,18H,6-7,13-14,16-17H2,1-5H3,(H,28,30)(H,29,31). The fourth-order valence-electron chi connectivity index (χ4n) is 4.38. The van der Waals surface area contributed by atoms with Crippen LogP contribution in [0.2, 0.25) is 0 Å². The van der Waals surface area contributed by atoms with E-state index in [1.54, 1.807) is 0 Å². The second kappa shape index (κ2) is 10.3. The number of anilines is 2. The summed E-state index contributed by atoms with van der Waals surface area (Å²) in [7, 11) is 8.44. The first kappa shape index (κ1) is 23.2. The molecule has 0 saturated carbocycles. The summed E-state index contributed by atoms with van der Waals surface area (Å²) < 4.78 is 0. The van der Waals surface area contributed by atoms with Gasteiger partial charge in [-0.1, -0.05) is 24.3 Å². The Hall–Kier alpha value is -2.96. The van der Waals surface area contributed by atoms with E-state index in [-0.39, 0.29) is 0 Å². The van der Waals surface area contributed by atoms with Crippen molar-refractivity contribution in [3.63, 3.8) is 0 Å². The highest BCUT2D eigenvalue weighted by atomic mass is 15.1. The molecule has 0 amide bonds. The van der Waals surface area contributed by atoms with E-state index >= 15 is 0 Å². The second-order valence-corrected chi connectivity index (χ2v) is 9.36. The summed E-state index contributed by atoms with van der Waals surface area (Å²) in [6.45, 7) is 6.09. The van der Waals surface area contributed by atoms with E-state index in [0.717, 1.165) is 88.7 Å². The van der Waals surface area contributed by atoms with Crippen LogP contribution in [0.4, 0.5) is 11.4 Å². The first-order valence-electron chi connectivity index (χ1n) is 11.8. The second-order valence-electron chi connectivity index (χ2n) is 9.36. The summed E-state index contributed by atoms with van der Waals surface area (Å²) in [6, 6.07) is 13.0. The zero-order valence-electron chi connectivity index (χ0n) is 20.6. The van der Waals surface area contributed by atoms with Gasteiger partial charge in [0.1, 0.15) is 0 Å². The van der Waals surface area contributed by atoms with E-state index in [1.165, 1.54) is 0 Å². The molecule has 6 nitrogen and oxygen atoms in total. The zero-order valence-corrected chi connectivity index (χ0v) is 20.6. The average Bonchev–Trinajstić information content (AvgIpc) is 2.78. The van der Waals surface area contributed by atoms with E-state index in [4.69, 9.17) is 9.97 Å². The van der Waals surface area contributed by atoms with Gasteiger partial charge in [0.25, 0.3) is 0 Å². The fraction of sp³-hybridized carbons (Fsp3) is 0.407. The lowest BCUT2D eigenvalue weighted by atomic mass is 10.0. The average molecular weight is 445 g/mol. The number of aromatic nitrogens is 2. The minimum absolute atomic E-state index is 0.941. The predicted molar refractivity (Wildman–Crippen MR) is 143 cm³/mol. The number of nitrogens with one attached hydrogen (secondary N) is 2. The van der Waals surface area contributed by atoms with Crippen molar-refractivity contribution in [1.82, 2.24) is 19.8 Å². The summed E-state index contributed by atoms with van der Waals surface area (Å²) in [4.78, 5) is 14.1. The maximum atomic E-state index is 4.93. The number of rotatable bonds is 10. The van der Waals surface area contributed by atoms with Crippen LogP contribution < -0.4 is 10.6 Å². The number of hydrogen-bond donors (Lipinski definition) is 2. The third-order valence-electron chi connectivity index (χ3n) is 6.01. The Morgan fingerprint density at radius 1 is 0.697 bits per heavy atom. The third-order valence-corrected chi connectivity index (χ3v) is 6.01. The Kier molecular flexibility index (Phi) is 7.26. The van der Waals surface area contributed by atoms with Gasteiger partial charge in [0.2, 0.25) is 0 Å². The van der Waals surface area contributed by atoms with Crippen LogP contribution in [0.3, 0.4) is 0 Å². The molecule has 0 saturated heterocycles. The van der Waals surface area contributed by atoms with Crippen molar-refractivity contribution >= 4 is 44.0 Å². The van der Waals surface area contributed by atoms with Gasteiger partial charge < -0.3 is 20.4 Å². The Balaban J connectivity index is 1.69. The van der Waals surface area contributed by atoms with Crippen LogP contribution in [0, 0.1) is 6.92 Å². The van der Waals surface area contributed by atoms with Crippen LogP contribution >= 0.6 is 0 Å². The maximum Gasteiger partial charge on any atom is 0.0805 e. The molecule has 0 fully saturated rings. The van der Waals surface area contributed by atoms with Gasteiger partial charge in [0.05, 0.1) is 11.0 Å². The number of benzene rings is 2. The van der Waals surface area contributed by atoms with E-state index in [2.05, 4.69) is 91.9 Å². The van der Waals surface area contributed by atoms with Gasteiger partial charge in [-0.25, -0.2) is 0 Å². The van der Waals surface area contributed by atoms with E-state index < -0.39 is 0 Å². The Morgan fingerprint density at radius 3 is 1.88 bits per heavy atom. The Morgan fingerprint density at radius 2 is 1.24 bits per heavy atom. The topological polar surface area (TPSA) is 56.3 Å². The summed E-state index contributed by atoms with van der Waals surface area (Å²) in [5.74, 6) is 0. The SMILES string of the molecule is Cc1cc(NCCCN(C)C)c2ccc3c(ccc4c(NCCCN(C)C)ccnc43)c2n1. The fourth-order valence-corrected chi connectivity index (χ4v) is 4.38. The van der Waals surface area contributed by atoms with Gasteiger partial charge in [-0.2, -0.15) is 0 Å². The molecule has 4 aromatic rings. The van der Waals surface area contributed by atoms with Gasteiger partial charge in [-0.15, -0.1) is 0 Å². The van der Waals surface area contributed by atoms with E-state index in [0.29, 0.717) is 0 Å². The number of fused-ring (bicyclic) bond motifs is 5. The molecule has 33 heavy (non-hydrogen) atoms. The monoisotopic (exact) mass is 444 g/mol. The summed E-state index contributed by atoms with van der Waals surface area (Å²) in [6.07, 6.45) is 4.10. The number of nitrogens with zero attached hydrogens (tertiary/aromatic N) is 4. The van der Waals surface area contributed by atoms with Crippen LogP contribution in [0.25, 0.3) is 32.6 Å². The lowest BCUT2D eigenvalue weighted by Gasteiger charge is -2.15. The van der Waals surface area contributed by atoms with Crippen molar-refractivity contribution < 1.29 is 0 Å². The van der Waals surface area contributed by atoms with E-state index in [9.17, 15) is 0 Å². The molecule has 0 atom stereocenters. The van der Waals surface area contributed by atoms with Crippen molar-refractivity contribution in [2.45, 2.75) is 19.8 Å². The van der Waals surface area contributed by atoms with Crippen LogP contribution in [0.5, 0.6) is 0 Å². The summed E-state index contributed by atoms with van der Waals surface area (Å²) >= 11 is 0. The molecule has 4 rings (SSSR count). The zero-order chi connectivity index (χ0) is 23.4. The first-order valence-corrected chi connectivity index (χ1v) is 11.8. The van der Waals surface area contributed by atoms with Gasteiger partial charge in [0.15, 0.2) is 0 Å². The molecule has 0 aliphatic heterocycles. The molecule has 0 aliphatic carbocycles. The molecule has 174 valence electrons. The van der Waals surface area contributed by atoms with Crippen LogP contribution in [-0.4, -0.2) is 74.1 Å². The van der Waals surface area contributed by atoms with Crippen molar-refractivity contribution in [3.05, 3.63) is 48.3 Å². The quantitative estimate of drug-likeness (QED) is 0.266. The number of aryl methyl sites for hydroxylation is 1. The lowest BCUT2D eigenvalue weighted by Crippen LogP contribution is -2.16. The Labute approximate surface area is 197 Å². The molecule has 6 heteroatoms. The Bertz CT molecular complexity index is 1250. The molecule has 0 unspecified atom stereocenters. The number of hydrogen-bond acceptors (Lipinski definition) is 6. The maximum absolute atomic E-state index is 4.93. The van der Waals surface area contributed by atoms with Gasteiger partial charge >= 0.3 is 0 Å². The highest BCUT2D eigenvalue weighted by molar-refractivity contribution is 6.18. The molecule has 2 heterocycles. The van der Waals surface area contributed by atoms with Crippen molar-refractivity contribution in [2.75, 3.05) is 65.0 Å². The highest BCUT2D eigenvalue weighted by Gasteiger charge is 2.12. The predicted octanol–water partition coefficient (Wildman–Crippen LogP) is 4.97. The smallest absolute Gasteiger partial charge is 0.0805 e. The summed E-state index contributed by atoms with van der Waals surface area (Å²) in [5.41, 5.74) is 5.38. The molecular weight excluding hydrogens is 408 g/mol.